The van der Waals surface area contributed by atoms with Crippen LogP contribution >= 0.6 is 23.2 Å². The van der Waals surface area contributed by atoms with E-state index in [1.54, 1.807) is 12.1 Å². The Hall–Kier alpha value is -1.19. The first-order valence-electron chi connectivity index (χ1n) is 4.38. The molecule has 3 nitrogen and oxygen atoms in total. The van der Waals surface area contributed by atoms with E-state index in [2.05, 4.69) is 0 Å². The molecule has 5 heteroatoms. The molecule has 0 unspecified atom stereocenters. The van der Waals surface area contributed by atoms with E-state index in [0.717, 1.165) is 0 Å². The highest BCUT2D eigenvalue weighted by Gasteiger charge is 2.11. The summed E-state index contributed by atoms with van der Waals surface area (Å²) in [5.74, 6) is 0.954. The molecule has 0 saturated heterocycles. The molecule has 1 aromatic carbocycles. The molecule has 86 valence electrons. The van der Waals surface area contributed by atoms with E-state index in [0.29, 0.717) is 22.1 Å². The highest BCUT2D eigenvalue weighted by molar-refractivity contribution is 6.66. The first kappa shape index (κ1) is 12.9. The Labute approximate surface area is 104 Å². The van der Waals surface area contributed by atoms with Crippen molar-refractivity contribution in [2.75, 3.05) is 14.2 Å². The van der Waals surface area contributed by atoms with Crippen LogP contribution in [-0.4, -0.2) is 19.5 Å². The summed E-state index contributed by atoms with van der Waals surface area (Å²) < 4.78 is 10.2. The van der Waals surface area contributed by atoms with Crippen molar-refractivity contribution in [1.82, 2.24) is 0 Å². The van der Waals surface area contributed by atoms with E-state index >= 15 is 0 Å². The maximum atomic E-state index is 10.6. The number of benzene rings is 1. The largest absolute Gasteiger partial charge is 0.493 e. The number of carbonyl (C=O) groups is 1. The number of methoxy groups -OCH3 is 2. The number of ether oxygens (including phenoxy) is 2. The van der Waals surface area contributed by atoms with Gasteiger partial charge in [-0.3, -0.25) is 4.79 Å². The molecule has 0 saturated carbocycles. The van der Waals surface area contributed by atoms with Crippen molar-refractivity contribution in [3.63, 3.8) is 0 Å². The van der Waals surface area contributed by atoms with Crippen LogP contribution in [0.4, 0.5) is 0 Å². The first-order valence-corrected chi connectivity index (χ1v) is 5.13. The normalized spacial score (nSPS) is 10.5. The molecular weight excluding hydrogens is 251 g/mol. The summed E-state index contributed by atoms with van der Waals surface area (Å²) in [7, 11) is 3.01. The molecule has 0 radical (unpaired) electrons. The van der Waals surface area contributed by atoms with Crippen LogP contribution in [0.15, 0.2) is 18.2 Å². The lowest BCUT2D eigenvalue weighted by molar-refractivity contribution is -0.107. The zero-order valence-electron chi connectivity index (χ0n) is 8.79. The van der Waals surface area contributed by atoms with Gasteiger partial charge in [0.25, 0.3) is 0 Å². The summed E-state index contributed by atoms with van der Waals surface area (Å²) in [6.07, 6.45) is 2.73. The van der Waals surface area contributed by atoms with E-state index in [1.165, 1.54) is 26.4 Å². The molecule has 1 aromatic rings. The average Bonchev–Trinajstić information content (AvgIpc) is 2.26. The van der Waals surface area contributed by atoms with Crippen LogP contribution in [0.1, 0.15) is 5.56 Å². The third kappa shape index (κ3) is 2.90. The van der Waals surface area contributed by atoms with Gasteiger partial charge in [0.1, 0.15) is 0 Å². The van der Waals surface area contributed by atoms with Gasteiger partial charge in [0, 0.05) is 0 Å². The second-order valence-corrected chi connectivity index (χ2v) is 3.59. The Balaban J connectivity index is 3.18. The summed E-state index contributed by atoms with van der Waals surface area (Å²) >= 11 is 11.3. The molecule has 0 amide bonds. The molecule has 0 aliphatic carbocycles. The first-order chi connectivity index (χ1) is 7.60. The van der Waals surface area contributed by atoms with Crippen molar-refractivity contribution in [3.8, 4) is 11.5 Å². The molecule has 0 fully saturated rings. The van der Waals surface area contributed by atoms with Crippen LogP contribution in [0.25, 0.3) is 6.08 Å². The summed E-state index contributed by atoms with van der Waals surface area (Å²) in [6, 6.07) is 3.41. The predicted octanol–water partition coefficient (Wildman–Crippen LogP) is 3.14. The van der Waals surface area contributed by atoms with Crippen LogP contribution in [0, 0.1) is 0 Å². The van der Waals surface area contributed by atoms with E-state index in [1.807, 2.05) is 0 Å². The summed E-state index contributed by atoms with van der Waals surface area (Å²) in [5.41, 5.74) is 0.633. The number of rotatable bonds is 4. The maximum Gasteiger partial charge on any atom is 0.245 e. The number of hydrogen-bond acceptors (Lipinski definition) is 3. The van der Waals surface area contributed by atoms with Crippen molar-refractivity contribution >= 4 is 34.5 Å². The third-order valence-corrected chi connectivity index (χ3v) is 2.42. The van der Waals surface area contributed by atoms with E-state index in [9.17, 15) is 4.79 Å². The number of carbonyl (C=O) groups excluding carboxylic acids is 1. The van der Waals surface area contributed by atoms with Gasteiger partial charge in [0.2, 0.25) is 5.24 Å². The molecule has 0 N–H and O–H groups in total. The second-order valence-electron chi connectivity index (χ2n) is 2.84. The standard InChI is InChI=1S/C11H10Cl2O3/c1-15-8-5-3-7(4-6-9(12)14)10(13)11(8)16-2/h3-6H,1-2H3/b6-4+. The number of hydrogen-bond donors (Lipinski definition) is 0. The Morgan fingerprint density at radius 1 is 1.31 bits per heavy atom. The van der Waals surface area contributed by atoms with Gasteiger partial charge in [-0.05, 0) is 41.4 Å². The zero-order valence-corrected chi connectivity index (χ0v) is 10.3. The van der Waals surface area contributed by atoms with Crippen LogP contribution in [0.2, 0.25) is 5.02 Å². The minimum Gasteiger partial charge on any atom is -0.493 e. The fraction of sp³-hybridized carbons (Fsp3) is 0.182. The molecular formula is C11H10Cl2O3. The molecule has 0 spiro atoms. The van der Waals surface area contributed by atoms with Crippen molar-refractivity contribution in [3.05, 3.63) is 28.8 Å². The van der Waals surface area contributed by atoms with Crippen molar-refractivity contribution in [2.45, 2.75) is 0 Å². The van der Waals surface area contributed by atoms with Gasteiger partial charge < -0.3 is 9.47 Å². The average molecular weight is 261 g/mol. The smallest absolute Gasteiger partial charge is 0.245 e. The monoisotopic (exact) mass is 260 g/mol. The van der Waals surface area contributed by atoms with E-state index in [-0.39, 0.29) is 0 Å². The minimum atomic E-state index is -0.564. The Bertz CT molecular complexity index is 427. The molecule has 0 aliphatic heterocycles. The highest BCUT2D eigenvalue weighted by Crippen LogP contribution is 2.37. The molecule has 0 aromatic heterocycles. The SMILES string of the molecule is COc1ccc(/C=C/C(=O)Cl)c(Cl)c1OC. The van der Waals surface area contributed by atoms with Gasteiger partial charge in [0.15, 0.2) is 11.5 Å². The molecule has 0 atom stereocenters. The van der Waals surface area contributed by atoms with Crippen LogP contribution in [0.3, 0.4) is 0 Å². The Morgan fingerprint density at radius 3 is 2.50 bits per heavy atom. The maximum absolute atomic E-state index is 10.6. The molecule has 1 rings (SSSR count). The lowest BCUT2D eigenvalue weighted by atomic mass is 10.2. The van der Waals surface area contributed by atoms with Gasteiger partial charge in [-0.15, -0.1) is 0 Å². The van der Waals surface area contributed by atoms with Gasteiger partial charge in [-0.2, -0.15) is 0 Å². The minimum absolute atomic E-state index is 0.371. The zero-order chi connectivity index (χ0) is 12.1. The van der Waals surface area contributed by atoms with Crippen molar-refractivity contribution in [1.29, 1.82) is 0 Å². The molecule has 0 heterocycles. The van der Waals surface area contributed by atoms with Crippen molar-refractivity contribution < 1.29 is 14.3 Å². The number of halogens is 2. The fourth-order valence-corrected chi connectivity index (χ4v) is 1.55. The second kappa shape index (κ2) is 5.77. The Kier molecular flexibility index (Phi) is 4.65. The van der Waals surface area contributed by atoms with Gasteiger partial charge in [0.05, 0.1) is 19.2 Å². The molecule has 0 aliphatic rings. The quantitative estimate of drug-likeness (QED) is 0.617. The highest BCUT2D eigenvalue weighted by atomic mass is 35.5. The summed E-state index contributed by atoms with van der Waals surface area (Å²) in [5, 5.41) is -0.193. The lowest BCUT2D eigenvalue weighted by Gasteiger charge is -2.10. The van der Waals surface area contributed by atoms with E-state index < -0.39 is 5.24 Å². The van der Waals surface area contributed by atoms with Crippen molar-refractivity contribution in [2.24, 2.45) is 0 Å². The summed E-state index contributed by atoms with van der Waals surface area (Å²) in [6.45, 7) is 0. The fourth-order valence-electron chi connectivity index (χ4n) is 1.19. The van der Waals surface area contributed by atoms with Crippen LogP contribution < -0.4 is 9.47 Å². The Morgan fingerprint density at radius 2 is 2.00 bits per heavy atom. The molecule has 16 heavy (non-hydrogen) atoms. The van der Waals surface area contributed by atoms with Gasteiger partial charge >= 0.3 is 0 Å². The third-order valence-electron chi connectivity index (χ3n) is 1.91. The summed E-state index contributed by atoms with van der Waals surface area (Å²) in [4.78, 5) is 10.6. The topological polar surface area (TPSA) is 35.5 Å². The van der Waals surface area contributed by atoms with E-state index in [4.69, 9.17) is 32.7 Å². The van der Waals surface area contributed by atoms with Gasteiger partial charge in [-0.1, -0.05) is 11.6 Å². The van der Waals surface area contributed by atoms with Gasteiger partial charge in [-0.25, -0.2) is 0 Å². The lowest BCUT2D eigenvalue weighted by Crippen LogP contribution is -1.92. The number of allylic oxidation sites excluding steroid dienone is 1. The van der Waals surface area contributed by atoms with Crippen LogP contribution in [-0.2, 0) is 4.79 Å². The predicted molar refractivity (Wildman–Crippen MR) is 64.5 cm³/mol. The van der Waals surface area contributed by atoms with Crippen LogP contribution in [0.5, 0.6) is 11.5 Å². The molecule has 0 bridgehead atoms.